The number of hydrogen-bond donors (Lipinski definition) is 2. The maximum atomic E-state index is 11.5. The Morgan fingerprint density at radius 1 is 1.50 bits per heavy atom. The fourth-order valence-electron chi connectivity index (χ4n) is 3.50. The number of hydrogen-bond acceptors (Lipinski definition) is 4. The number of likely N-dealkylation sites (tertiary alicyclic amines) is 1. The van der Waals surface area contributed by atoms with Crippen molar-refractivity contribution in [2.45, 2.75) is 38.3 Å². The molecule has 1 aromatic heterocycles. The van der Waals surface area contributed by atoms with Crippen LogP contribution in [0, 0.1) is 12.8 Å². The number of piperidine rings is 2. The molecule has 2 saturated heterocycles. The van der Waals surface area contributed by atoms with Crippen molar-refractivity contribution in [1.82, 2.24) is 10.2 Å². The zero-order valence-electron chi connectivity index (χ0n) is 12.0. The standard InChI is InChI=1S/C15H23N3OS/c1-10-2-4-14(20-10)13(8-16)18-7-6-12-11(9-18)3-5-15(19)17-12/h2,4,11-13H,3,5-9,16H2,1H3,(H,17,19). The molecule has 110 valence electrons. The summed E-state index contributed by atoms with van der Waals surface area (Å²) in [4.78, 5) is 16.7. The number of nitrogens with zero attached hydrogens (tertiary/aromatic N) is 1. The smallest absolute Gasteiger partial charge is 0.220 e. The van der Waals surface area contributed by atoms with Gasteiger partial charge in [0.15, 0.2) is 0 Å². The molecule has 0 bridgehead atoms. The molecular formula is C15H23N3OS. The minimum Gasteiger partial charge on any atom is -0.353 e. The highest BCUT2D eigenvalue weighted by Gasteiger charge is 2.36. The summed E-state index contributed by atoms with van der Waals surface area (Å²) >= 11 is 1.85. The maximum absolute atomic E-state index is 11.5. The average molecular weight is 293 g/mol. The lowest BCUT2D eigenvalue weighted by molar-refractivity contribution is -0.125. The van der Waals surface area contributed by atoms with Gasteiger partial charge in [-0.25, -0.2) is 0 Å². The van der Waals surface area contributed by atoms with E-state index in [9.17, 15) is 4.79 Å². The van der Waals surface area contributed by atoms with Crippen molar-refractivity contribution in [3.63, 3.8) is 0 Å². The average Bonchev–Trinajstić information content (AvgIpc) is 2.86. The Morgan fingerprint density at radius 2 is 2.35 bits per heavy atom. The van der Waals surface area contributed by atoms with E-state index in [-0.39, 0.29) is 5.91 Å². The molecule has 4 nitrogen and oxygen atoms in total. The first-order valence-electron chi connectivity index (χ1n) is 7.47. The van der Waals surface area contributed by atoms with E-state index in [1.807, 2.05) is 11.3 Å². The Bertz CT molecular complexity index is 487. The monoisotopic (exact) mass is 293 g/mol. The maximum Gasteiger partial charge on any atom is 0.220 e. The number of aryl methyl sites for hydroxylation is 1. The molecule has 3 atom stereocenters. The second-order valence-electron chi connectivity index (χ2n) is 5.96. The minimum absolute atomic E-state index is 0.226. The van der Waals surface area contributed by atoms with Crippen LogP contribution in [0.15, 0.2) is 12.1 Å². The van der Waals surface area contributed by atoms with Crippen LogP contribution in [0.2, 0.25) is 0 Å². The van der Waals surface area contributed by atoms with Crippen LogP contribution in [-0.2, 0) is 4.79 Å². The molecule has 1 aromatic rings. The summed E-state index contributed by atoms with van der Waals surface area (Å²) in [6.45, 7) is 4.90. The quantitative estimate of drug-likeness (QED) is 0.891. The Kier molecular flexibility index (Phi) is 4.10. The molecule has 2 aliphatic rings. The van der Waals surface area contributed by atoms with Gasteiger partial charge in [0.1, 0.15) is 0 Å². The van der Waals surface area contributed by atoms with E-state index < -0.39 is 0 Å². The number of nitrogens with one attached hydrogen (secondary N) is 1. The third-order valence-electron chi connectivity index (χ3n) is 4.61. The second kappa shape index (κ2) is 5.84. The highest BCUT2D eigenvalue weighted by molar-refractivity contribution is 7.12. The highest BCUT2D eigenvalue weighted by atomic mass is 32.1. The summed E-state index contributed by atoms with van der Waals surface area (Å²) in [6, 6.07) is 5.12. The zero-order chi connectivity index (χ0) is 14.1. The molecule has 20 heavy (non-hydrogen) atoms. The van der Waals surface area contributed by atoms with E-state index in [0.717, 1.165) is 25.9 Å². The predicted octanol–water partition coefficient (Wildman–Crippen LogP) is 1.66. The molecule has 0 radical (unpaired) electrons. The number of carbonyl (C=O) groups excluding carboxylic acids is 1. The van der Waals surface area contributed by atoms with Crippen molar-refractivity contribution >= 4 is 17.2 Å². The minimum atomic E-state index is 0.226. The number of carbonyl (C=O) groups is 1. The molecule has 3 heterocycles. The summed E-state index contributed by atoms with van der Waals surface area (Å²) in [6.07, 6.45) is 2.76. The van der Waals surface area contributed by atoms with E-state index in [0.29, 0.717) is 31.0 Å². The summed E-state index contributed by atoms with van der Waals surface area (Å²) < 4.78 is 0. The molecule has 5 heteroatoms. The van der Waals surface area contributed by atoms with Crippen LogP contribution >= 0.6 is 11.3 Å². The number of fused-ring (bicyclic) bond motifs is 1. The van der Waals surface area contributed by atoms with Crippen LogP contribution < -0.4 is 11.1 Å². The molecule has 0 saturated carbocycles. The molecule has 0 aliphatic carbocycles. The molecule has 2 fully saturated rings. The van der Waals surface area contributed by atoms with Crippen molar-refractivity contribution in [2.75, 3.05) is 19.6 Å². The van der Waals surface area contributed by atoms with Gasteiger partial charge in [0.2, 0.25) is 5.91 Å². The van der Waals surface area contributed by atoms with Gasteiger partial charge in [-0.2, -0.15) is 0 Å². The van der Waals surface area contributed by atoms with Crippen molar-refractivity contribution in [3.8, 4) is 0 Å². The van der Waals surface area contributed by atoms with Crippen molar-refractivity contribution < 1.29 is 4.79 Å². The molecule has 3 unspecified atom stereocenters. The summed E-state index contributed by atoms with van der Waals surface area (Å²) in [5.74, 6) is 0.820. The molecule has 1 amide bonds. The van der Waals surface area contributed by atoms with Crippen LogP contribution in [0.3, 0.4) is 0 Å². The van der Waals surface area contributed by atoms with Gasteiger partial charge in [-0.1, -0.05) is 0 Å². The molecule has 0 spiro atoms. The van der Waals surface area contributed by atoms with Crippen LogP contribution in [0.5, 0.6) is 0 Å². The first kappa shape index (κ1) is 14.0. The van der Waals surface area contributed by atoms with Crippen LogP contribution in [-0.4, -0.2) is 36.5 Å². The summed E-state index contributed by atoms with van der Waals surface area (Å²) in [5.41, 5.74) is 6.03. The molecule has 3 N–H and O–H groups in total. The lowest BCUT2D eigenvalue weighted by Gasteiger charge is -2.44. The van der Waals surface area contributed by atoms with E-state index >= 15 is 0 Å². The van der Waals surface area contributed by atoms with E-state index in [2.05, 4.69) is 29.3 Å². The predicted molar refractivity (Wildman–Crippen MR) is 81.7 cm³/mol. The van der Waals surface area contributed by atoms with Crippen molar-refractivity contribution in [2.24, 2.45) is 11.7 Å². The van der Waals surface area contributed by atoms with Gasteiger partial charge in [0.05, 0.1) is 6.04 Å². The number of rotatable bonds is 3. The first-order chi connectivity index (χ1) is 9.67. The van der Waals surface area contributed by atoms with Crippen LogP contribution in [0.1, 0.15) is 35.1 Å². The zero-order valence-corrected chi connectivity index (χ0v) is 12.8. The lowest BCUT2D eigenvalue weighted by Crippen LogP contribution is -2.55. The van der Waals surface area contributed by atoms with Gasteiger partial charge in [-0.15, -0.1) is 11.3 Å². The molecule has 0 aromatic carbocycles. The third kappa shape index (κ3) is 2.75. The van der Waals surface area contributed by atoms with E-state index in [4.69, 9.17) is 5.73 Å². The second-order valence-corrected chi connectivity index (χ2v) is 7.28. The number of amides is 1. The van der Waals surface area contributed by atoms with Crippen molar-refractivity contribution in [1.29, 1.82) is 0 Å². The fraction of sp³-hybridized carbons (Fsp3) is 0.667. The highest BCUT2D eigenvalue weighted by Crippen LogP contribution is 2.33. The van der Waals surface area contributed by atoms with Crippen molar-refractivity contribution in [3.05, 3.63) is 21.9 Å². The van der Waals surface area contributed by atoms with Crippen LogP contribution in [0.25, 0.3) is 0 Å². The third-order valence-corrected chi connectivity index (χ3v) is 5.71. The molecular weight excluding hydrogens is 270 g/mol. The van der Waals surface area contributed by atoms with Gasteiger partial charge in [0, 0.05) is 41.9 Å². The Hall–Kier alpha value is -0.910. The van der Waals surface area contributed by atoms with Gasteiger partial charge >= 0.3 is 0 Å². The SMILES string of the molecule is Cc1ccc(C(CN)N2CCC3NC(=O)CCC3C2)s1. The summed E-state index contributed by atoms with van der Waals surface area (Å²) in [5, 5.41) is 3.15. The normalized spacial score (nSPS) is 28.8. The topological polar surface area (TPSA) is 58.4 Å². The number of thiophene rings is 1. The molecule has 2 aliphatic heterocycles. The lowest BCUT2D eigenvalue weighted by atomic mass is 9.84. The van der Waals surface area contributed by atoms with Gasteiger partial charge in [-0.3, -0.25) is 9.69 Å². The number of nitrogens with two attached hydrogens (primary N) is 1. The Morgan fingerprint density at radius 3 is 3.05 bits per heavy atom. The van der Waals surface area contributed by atoms with Gasteiger partial charge in [0.25, 0.3) is 0 Å². The summed E-state index contributed by atoms with van der Waals surface area (Å²) in [7, 11) is 0. The largest absolute Gasteiger partial charge is 0.353 e. The Labute approximate surface area is 124 Å². The van der Waals surface area contributed by atoms with Gasteiger partial charge < -0.3 is 11.1 Å². The van der Waals surface area contributed by atoms with Crippen LogP contribution in [0.4, 0.5) is 0 Å². The van der Waals surface area contributed by atoms with E-state index in [1.54, 1.807) is 0 Å². The van der Waals surface area contributed by atoms with Gasteiger partial charge in [-0.05, 0) is 37.8 Å². The first-order valence-corrected chi connectivity index (χ1v) is 8.29. The molecule has 3 rings (SSSR count). The fourth-order valence-corrected chi connectivity index (χ4v) is 4.52. The van der Waals surface area contributed by atoms with E-state index in [1.165, 1.54) is 9.75 Å². The Balaban J connectivity index is 1.70.